The Labute approximate surface area is 141 Å². The van der Waals surface area contributed by atoms with E-state index in [1.807, 2.05) is 18.2 Å². The summed E-state index contributed by atoms with van der Waals surface area (Å²) in [5, 5.41) is 15.4. The lowest BCUT2D eigenvalue weighted by atomic mass is 10.1. The summed E-state index contributed by atoms with van der Waals surface area (Å²) in [6.45, 7) is 4.11. The van der Waals surface area contributed by atoms with Crippen molar-refractivity contribution in [3.8, 4) is 6.07 Å². The zero-order valence-electron chi connectivity index (χ0n) is 13.5. The molecule has 0 atom stereocenters. The molecule has 3 aromatic rings. The molecule has 3 rings (SSSR count). The van der Waals surface area contributed by atoms with Gasteiger partial charge < -0.3 is 10.6 Å². The van der Waals surface area contributed by atoms with E-state index in [2.05, 4.69) is 58.7 Å². The summed E-state index contributed by atoms with van der Waals surface area (Å²) in [5.41, 5.74) is 4.86. The summed E-state index contributed by atoms with van der Waals surface area (Å²) < 4.78 is 0. The minimum Gasteiger partial charge on any atom is -0.340 e. The maximum Gasteiger partial charge on any atom is 0.135 e. The Bertz CT molecular complexity index is 894. The fraction of sp³-hybridized carbons (Fsp3) is 0.105. The molecule has 118 valence electrons. The molecule has 1 aromatic heterocycles. The van der Waals surface area contributed by atoms with Crippen LogP contribution in [-0.2, 0) is 0 Å². The maximum atomic E-state index is 8.84. The van der Waals surface area contributed by atoms with Crippen molar-refractivity contribution >= 4 is 23.0 Å². The number of aromatic nitrogens is 2. The van der Waals surface area contributed by atoms with Gasteiger partial charge in [-0.3, -0.25) is 0 Å². The van der Waals surface area contributed by atoms with Gasteiger partial charge in [-0.25, -0.2) is 9.97 Å². The Morgan fingerprint density at radius 3 is 2.29 bits per heavy atom. The van der Waals surface area contributed by atoms with Gasteiger partial charge in [0.1, 0.15) is 18.0 Å². The Morgan fingerprint density at radius 1 is 0.875 bits per heavy atom. The molecule has 24 heavy (non-hydrogen) atoms. The number of nitrogens with one attached hydrogen (secondary N) is 2. The number of anilines is 4. The summed E-state index contributed by atoms with van der Waals surface area (Å²) in [7, 11) is 0. The summed E-state index contributed by atoms with van der Waals surface area (Å²) in [4.78, 5) is 8.50. The van der Waals surface area contributed by atoms with E-state index in [9.17, 15) is 0 Å². The van der Waals surface area contributed by atoms with Gasteiger partial charge in [-0.15, -0.1) is 0 Å². The van der Waals surface area contributed by atoms with E-state index in [4.69, 9.17) is 5.26 Å². The van der Waals surface area contributed by atoms with Crippen LogP contribution in [0.15, 0.2) is 54.9 Å². The second kappa shape index (κ2) is 6.80. The molecule has 5 heteroatoms. The number of aryl methyl sites for hydroxylation is 2. The number of hydrogen-bond donors (Lipinski definition) is 2. The SMILES string of the molecule is Cc1ccc(C)c(Nc2cc(Nc3ccc(C#N)cc3)ncn2)c1. The second-order valence-electron chi connectivity index (χ2n) is 5.55. The predicted octanol–water partition coefficient (Wildman–Crippen LogP) is 4.45. The summed E-state index contributed by atoms with van der Waals surface area (Å²) in [6, 6.07) is 17.4. The third-order valence-electron chi connectivity index (χ3n) is 3.61. The molecule has 2 N–H and O–H groups in total. The average Bonchev–Trinajstić information content (AvgIpc) is 2.59. The van der Waals surface area contributed by atoms with E-state index in [0.29, 0.717) is 11.4 Å². The minimum absolute atomic E-state index is 0.625. The molecule has 0 aliphatic carbocycles. The third kappa shape index (κ3) is 3.68. The zero-order valence-corrected chi connectivity index (χ0v) is 13.5. The maximum absolute atomic E-state index is 8.84. The number of hydrogen-bond acceptors (Lipinski definition) is 5. The highest BCUT2D eigenvalue weighted by Gasteiger charge is 2.03. The largest absolute Gasteiger partial charge is 0.340 e. The van der Waals surface area contributed by atoms with Gasteiger partial charge in [-0.2, -0.15) is 5.26 Å². The van der Waals surface area contributed by atoms with Gasteiger partial charge in [-0.05, 0) is 55.3 Å². The number of nitrogens with zero attached hydrogens (tertiary/aromatic N) is 3. The van der Waals surface area contributed by atoms with Gasteiger partial charge in [0.25, 0.3) is 0 Å². The van der Waals surface area contributed by atoms with Crippen LogP contribution in [0.1, 0.15) is 16.7 Å². The fourth-order valence-corrected chi connectivity index (χ4v) is 2.28. The van der Waals surface area contributed by atoms with Crippen LogP contribution in [0.25, 0.3) is 0 Å². The minimum atomic E-state index is 0.625. The lowest BCUT2D eigenvalue weighted by molar-refractivity contribution is 1.16. The third-order valence-corrected chi connectivity index (χ3v) is 3.61. The molecule has 0 bridgehead atoms. The van der Waals surface area contributed by atoms with E-state index in [-0.39, 0.29) is 0 Å². The Morgan fingerprint density at radius 2 is 1.58 bits per heavy atom. The summed E-state index contributed by atoms with van der Waals surface area (Å²) in [5.74, 6) is 1.40. The summed E-state index contributed by atoms with van der Waals surface area (Å²) in [6.07, 6.45) is 1.51. The van der Waals surface area contributed by atoms with Gasteiger partial charge in [0.2, 0.25) is 0 Å². The van der Waals surface area contributed by atoms with Crippen molar-refractivity contribution in [3.63, 3.8) is 0 Å². The Kier molecular flexibility index (Phi) is 4.39. The molecule has 0 amide bonds. The molecule has 0 aliphatic rings. The number of benzene rings is 2. The standard InChI is InChI=1S/C19H17N5/c1-13-3-4-14(2)17(9-13)24-19-10-18(21-12-22-19)23-16-7-5-15(11-20)6-8-16/h3-10,12H,1-2H3,(H2,21,22,23,24). The molecule has 5 nitrogen and oxygen atoms in total. The van der Waals surface area contributed by atoms with Crippen molar-refractivity contribution in [1.82, 2.24) is 9.97 Å². The molecule has 0 saturated carbocycles. The lowest BCUT2D eigenvalue weighted by Crippen LogP contribution is -1.99. The van der Waals surface area contributed by atoms with Crippen LogP contribution in [0.2, 0.25) is 0 Å². The molecular weight excluding hydrogens is 298 g/mol. The summed E-state index contributed by atoms with van der Waals surface area (Å²) >= 11 is 0. The zero-order chi connectivity index (χ0) is 16.9. The smallest absolute Gasteiger partial charge is 0.135 e. The fourth-order valence-electron chi connectivity index (χ4n) is 2.28. The molecule has 0 unspecified atom stereocenters. The second-order valence-corrected chi connectivity index (χ2v) is 5.55. The highest BCUT2D eigenvalue weighted by atomic mass is 15.1. The van der Waals surface area contributed by atoms with Crippen LogP contribution in [0, 0.1) is 25.2 Å². The molecular formula is C19H17N5. The normalized spacial score (nSPS) is 10.0. The van der Waals surface area contributed by atoms with E-state index in [1.54, 1.807) is 12.1 Å². The first-order valence-corrected chi connectivity index (χ1v) is 7.57. The van der Waals surface area contributed by atoms with Crippen molar-refractivity contribution in [1.29, 1.82) is 5.26 Å². The van der Waals surface area contributed by atoms with E-state index >= 15 is 0 Å². The van der Waals surface area contributed by atoms with E-state index < -0.39 is 0 Å². The van der Waals surface area contributed by atoms with Gasteiger partial charge in [0.05, 0.1) is 11.6 Å². The molecule has 0 spiro atoms. The van der Waals surface area contributed by atoms with Crippen molar-refractivity contribution in [2.45, 2.75) is 13.8 Å². The molecule has 0 radical (unpaired) electrons. The quantitative estimate of drug-likeness (QED) is 0.744. The van der Waals surface area contributed by atoms with Crippen LogP contribution < -0.4 is 10.6 Å². The van der Waals surface area contributed by atoms with E-state index in [0.717, 1.165) is 22.8 Å². The van der Waals surface area contributed by atoms with Crippen molar-refractivity contribution in [2.24, 2.45) is 0 Å². The van der Waals surface area contributed by atoms with E-state index in [1.165, 1.54) is 11.9 Å². The van der Waals surface area contributed by atoms with Crippen LogP contribution >= 0.6 is 0 Å². The topological polar surface area (TPSA) is 73.6 Å². The highest BCUT2D eigenvalue weighted by Crippen LogP contribution is 2.22. The highest BCUT2D eigenvalue weighted by molar-refractivity contribution is 5.65. The Balaban J connectivity index is 1.78. The molecule has 0 fully saturated rings. The first kappa shape index (κ1) is 15.5. The lowest BCUT2D eigenvalue weighted by Gasteiger charge is -2.11. The van der Waals surface area contributed by atoms with Crippen LogP contribution in [0.5, 0.6) is 0 Å². The predicted molar refractivity (Wildman–Crippen MR) is 95.7 cm³/mol. The van der Waals surface area contributed by atoms with Gasteiger partial charge >= 0.3 is 0 Å². The average molecular weight is 315 g/mol. The van der Waals surface area contributed by atoms with Gasteiger partial charge in [0.15, 0.2) is 0 Å². The van der Waals surface area contributed by atoms with Crippen molar-refractivity contribution < 1.29 is 0 Å². The van der Waals surface area contributed by atoms with Crippen LogP contribution in [-0.4, -0.2) is 9.97 Å². The van der Waals surface area contributed by atoms with Gasteiger partial charge in [-0.1, -0.05) is 12.1 Å². The first-order chi connectivity index (χ1) is 11.6. The first-order valence-electron chi connectivity index (χ1n) is 7.57. The Hall–Kier alpha value is -3.39. The monoisotopic (exact) mass is 315 g/mol. The van der Waals surface area contributed by atoms with Crippen LogP contribution in [0.4, 0.5) is 23.0 Å². The molecule has 2 aromatic carbocycles. The molecule has 0 aliphatic heterocycles. The molecule has 1 heterocycles. The van der Waals surface area contributed by atoms with Gasteiger partial charge in [0, 0.05) is 17.4 Å². The van der Waals surface area contributed by atoms with Crippen molar-refractivity contribution in [3.05, 3.63) is 71.5 Å². The number of nitriles is 1. The molecule has 0 saturated heterocycles. The number of rotatable bonds is 4. The van der Waals surface area contributed by atoms with Crippen molar-refractivity contribution in [2.75, 3.05) is 10.6 Å². The van der Waals surface area contributed by atoms with Crippen LogP contribution in [0.3, 0.4) is 0 Å².